The highest BCUT2D eigenvalue weighted by Gasteiger charge is 2.42. The zero-order valence-corrected chi connectivity index (χ0v) is 14.9. The molecule has 0 saturated carbocycles. The Labute approximate surface area is 153 Å². The van der Waals surface area contributed by atoms with Gasteiger partial charge in [-0.25, -0.2) is 0 Å². The highest BCUT2D eigenvalue weighted by Crippen LogP contribution is 2.39. The molecule has 2 N–H and O–H groups in total. The SMILES string of the molecule is O=C1CCC(c2ccc(N3CCC4(CC3)CC(CO)CO4)cc2)C(=O)N1. The first kappa shape index (κ1) is 17.5. The van der Waals surface area contributed by atoms with Crippen molar-refractivity contribution in [2.24, 2.45) is 5.92 Å². The molecule has 4 rings (SSSR count). The number of hydrogen-bond acceptors (Lipinski definition) is 5. The summed E-state index contributed by atoms with van der Waals surface area (Å²) < 4.78 is 6.03. The second-order valence-electron chi connectivity index (χ2n) is 7.83. The first-order chi connectivity index (χ1) is 12.6. The summed E-state index contributed by atoms with van der Waals surface area (Å²) in [5.74, 6) is -0.309. The van der Waals surface area contributed by atoms with Crippen LogP contribution in [0.4, 0.5) is 5.69 Å². The zero-order valence-electron chi connectivity index (χ0n) is 14.9. The normalized spacial score (nSPS) is 28.4. The quantitative estimate of drug-likeness (QED) is 0.802. The van der Waals surface area contributed by atoms with E-state index in [9.17, 15) is 14.7 Å². The zero-order chi connectivity index (χ0) is 18.1. The third-order valence-electron chi connectivity index (χ3n) is 6.12. The standard InChI is InChI=1S/C20H26N2O4/c23-12-14-11-20(26-13-14)7-9-22(10-8-20)16-3-1-15(2-4-16)17-5-6-18(24)21-19(17)25/h1-4,14,17,23H,5-13H2,(H,21,24,25). The van der Waals surface area contributed by atoms with Gasteiger partial charge >= 0.3 is 0 Å². The maximum absolute atomic E-state index is 12.0. The van der Waals surface area contributed by atoms with E-state index in [1.54, 1.807) is 0 Å². The van der Waals surface area contributed by atoms with Crippen molar-refractivity contribution in [2.45, 2.75) is 43.6 Å². The summed E-state index contributed by atoms with van der Waals surface area (Å²) in [4.78, 5) is 25.7. The van der Waals surface area contributed by atoms with Gasteiger partial charge in [0, 0.05) is 37.7 Å². The summed E-state index contributed by atoms with van der Waals surface area (Å²) in [6.07, 6.45) is 3.92. The largest absolute Gasteiger partial charge is 0.396 e. The van der Waals surface area contributed by atoms with E-state index in [2.05, 4.69) is 22.3 Å². The molecule has 1 aromatic carbocycles. The first-order valence-electron chi connectivity index (χ1n) is 9.52. The summed E-state index contributed by atoms with van der Waals surface area (Å²) >= 11 is 0. The van der Waals surface area contributed by atoms with E-state index in [0.29, 0.717) is 19.4 Å². The predicted octanol–water partition coefficient (Wildman–Crippen LogP) is 1.57. The molecule has 6 nitrogen and oxygen atoms in total. The number of rotatable bonds is 3. The Morgan fingerprint density at radius 3 is 2.54 bits per heavy atom. The van der Waals surface area contributed by atoms with Crippen molar-refractivity contribution in [3.63, 3.8) is 0 Å². The molecule has 3 aliphatic heterocycles. The maximum Gasteiger partial charge on any atom is 0.234 e. The second-order valence-corrected chi connectivity index (χ2v) is 7.83. The van der Waals surface area contributed by atoms with Crippen molar-refractivity contribution in [1.82, 2.24) is 5.32 Å². The predicted molar refractivity (Wildman–Crippen MR) is 96.9 cm³/mol. The third-order valence-corrected chi connectivity index (χ3v) is 6.12. The van der Waals surface area contributed by atoms with Gasteiger partial charge in [0.15, 0.2) is 0 Å². The fourth-order valence-electron chi connectivity index (χ4n) is 4.51. The molecule has 1 spiro atoms. The molecule has 0 bridgehead atoms. The van der Waals surface area contributed by atoms with E-state index < -0.39 is 0 Å². The van der Waals surface area contributed by atoms with Crippen molar-refractivity contribution in [2.75, 3.05) is 31.2 Å². The van der Waals surface area contributed by atoms with Gasteiger partial charge in [0.2, 0.25) is 11.8 Å². The summed E-state index contributed by atoms with van der Waals surface area (Å²) in [6, 6.07) is 8.16. The van der Waals surface area contributed by atoms with Crippen LogP contribution in [0.5, 0.6) is 0 Å². The monoisotopic (exact) mass is 358 g/mol. The van der Waals surface area contributed by atoms with Crippen molar-refractivity contribution in [3.05, 3.63) is 29.8 Å². The van der Waals surface area contributed by atoms with Gasteiger partial charge in [0.1, 0.15) is 0 Å². The van der Waals surface area contributed by atoms with Crippen LogP contribution in [-0.2, 0) is 14.3 Å². The van der Waals surface area contributed by atoms with E-state index in [1.807, 2.05) is 12.1 Å². The number of anilines is 1. The van der Waals surface area contributed by atoms with E-state index in [-0.39, 0.29) is 35.9 Å². The molecule has 2 amide bonds. The molecule has 2 unspecified atom stereocenters. The number of nitrogens with zero attached hydrogens (tertiary/aromatic N) is 1. The fraction of sp³-hybridized carbons (Fsp3) is 0.600. The number of piperidine rings is 2. The van der Waals surface area contributed by atoms with Crippen LogP contribution in [0.1, 0.15) is 43.6 Å². The Kier molecular flexibility index (Phi) is 4.71. The van der Waals surface area contributed by atoms with Crippen LogP contribution in [0.3, 0.4) is 0 Å². The third kappa shape index (κ3) is 3.35. The van der Waals surface area contributed by atoms with Crippen LogP contribution in [0.15, 0.2) is 24.3 Å². The second kappa shape index (κ2) is 7.00. The highest BCUT2D eigenvalue weighted by atomic mass is 16.5. The van der Waals surface area contributed by atoms with Crippen LogP contribution in [0.2, 0.25) is 0 Å². The van der Waals surface area contributed by atoms with Crippen molar-refractivity contribution >= 4 is 17.5 Å². The summed E-state index contributed by atoms with van der Waals surface area (Å²) in [7, 11) is 0. The minimum Gasteiger partial charge on any atom is -0.396 e. The Bertz CT molecular complexity index is 680. The molecule has 1 aromatic rings. The van der Waals surface area contributed by atoms with Crippen LogP contribution in [0.25, 0.3) is 0 Å². The number of amides is 2. The van der Waals surface area contributed by atoms with Crippen LogP contribution < -0.4 is 10.2 Å². The smallest absolute Gasteiger partial charge is 0.234 e. The Morgan fingerprint density at radius 2 is 1.92 bits per heavy atom. The van der Waals surface area contributed by atoms with Gasteiger partial charge < -0.3 is 14.7 Å². The molecule has 3 heterocycles. The lowest BCUT2D eigenvalue weighted by molar-refractivity contribution is -0.134. The number of aliphatic hydroxyl groups is 1. The molecule has 3 aliphatic rings. The summed E-state index contributed by atoms with van der Waals surface area (Å²) in [5, 5.41) is 11.8. The molecule has 0 radical (unpaired) electrons. The lowest BCUT2D eigenvalue weighted by Crippen LogP contribution is -2.44. The number of hydrogen-bond donors (Lipinski definition) is 2. The minimum absolute atomic E-state index is 0.0451. The number of aliphatic hydroxyl groups excluding tert-OH is 1. The van der Waals surface area contributed by atoms with E-state index >= 15 is 0 Å². The first-order valence-corrected chi connectivity index (χ1v) is 9.52. The van der Waals surface area contributed by atoms with Gasteiger partial charge in [-0.2, -0.15) is 0 Å². The number of carbonyl (C=O) groups excluding carboxylic acids is 2. The number of nitrogens with one attached hydrogen (secondary N) is 1. The molecular weight excluding hydrogens is 332 g/mol. The van der Waals surface area contributed by atoms with Gasteiger partial charge in [-0.1, -0.05) is 12.1 Å². The van der Waals surface area contributed by atoms with Gasteiger partial charge in [-0.05, 0) is 43.4 Å². The Balaban J connectivity index is 1.38. The van der Waals surface area contributed by atoms with Crippen LogP contribution >= 0.6 is 0 Å². The lowest BCUT2D eigenvalue weighted by Gasteiger charge is -2.40. The van der Waals surface area contributed by atoms with Gasteiger partial charge in [-0.3, -0.25) is 14.9 Å². The van der Waals surface area contributed by atoms with E-state index in [1.165, 1.54) is 0 Å². The van der Waals surface area contributed by atoms with Crippen molar-refractivity contribution in [3.8, 4) is 0 Å². The number of carbonyl (C=O) groups is 2. The minimum atomic E-state index is -0.228. The Morgan fingerprint density at radius 1 is 1.19 bits per heavy atom. The van der Waals surface area contributed by atoms with Crippen molar-refractivity contribution < 1.29 is 19.4 Å². The van der Waals surface area contributed by atoms with Crippen LogP contribution in [0, 0.1) is 5.92 Å². The van der Waals surface area contributed by atoms with Crippen molar-refractivity contribution in [1.29, 1.82) is 0 Å². The van der Waals surface area contributed by atoms with E-state index in [0.717, 1.165) is 43.6 Å². The average molecular weight is 358 g/mol. The average Bonchev–Trinajstić information content (AvgIpc) is 3.06. The summed E-state index contributed by atoms with van der Waals surface area (Å²) in [5.41, 5.74) is 2.08. The lowest BCUT2D eigenvalue weighted by atomic mass is 9.85. The van der Waals surface area contributed by atoms with Gasteiger partial charge in [-0.15, -0.1) is 0 Å². The molecule has 3 fully saturated rings. The number of ether oxygens (including phenoxy) is 1. The topological polar surface area (TPSA) is 78.9 Å². The molecule has 26 heavy (non-hydrogen) atoms. The molecular formula is C20H26N2O4. The maximum atomic E-state index is 12.0. The molecule has 0 aliphatic carbocycles. The van der Waals surface area contributed by atoms with Crippen LogP contribution in [-0.4, -0.2) is 48.8 Å². The molecule has 0 aromatic heterocycles. The highest BCUT2D eigenvalue weighted by molar-refractivity contribution is 6.00. The summed E-state index contributed by atoms with van der Waals surface area (Å²) in [6.45, 7) is 2.77. The van der Waals surface area contributed by atoms with Gasteiger partial charge in [0.05, 0.1) is 18.1 Å². The molecule has 140 valence electrons. The fourth-order valence-corrected chi connectivity index (χ4v) is 4.51. The Hall–Kier alpha value is -1.92. The number of benzene rings is 1. The number of imide groups is 1. The molecule has 2 atom stereocenters. The molecule has 6 heteroatoms. The van der Waals surface area contributed by atoms with Gasteiger partial charge in [0.25, 0.3) is 0 Å². The van der Waals surface area contributed by atoms with E-state index in [4.69, 9.17) is 4.74 Å². The molecule has 3 saturated heterocycles.